The SMILES string of the molecule is Cc1ccc(C(=O)COC(=O)c2cccc(N3C(=O)[C@@H]4[C@H]5C[C@@H]([C@H](Br)[C@H]5Br)[C@@H]4C3=O)c2)cc1. The molecule has 2 saturated carbocycles. The van der Waals surface area contributed by atoms with Crippen molar-refractivity contribution in [1.29, 1.82) is 0 Å². The second-order valence-corrected chi connectivity index (χ2v) is 11.0. The predicted molar refractivity (Wildman–Crippen MR) is 129 cm³/mol. The molecular formula is C25H21Br2NO5. The van der Waals surface area contributed by atoms with Crippen LogP contribution < -0.4 is 4.90 Å². The summed E-state index contributed by atoms with van der Waals surface area (Å²) in [6, 6.07) is 13.3. The Balaban J connectivity index is 1.31. The Morgan fingerprint density at radius 3 is 2.15 bits per heavy atom. The first-order valence-electron chi connectivity index (χ1n) is 10.8. The number of aryl methyl sites for hydroxylation is 1. The van der Waals surface area contributed by atoms with Crippen molar-refractivity contribution in [2.24, 2.45) is 23.7 Å². The van der Waals surface area contributed by atoms with Gasteiger partial charge in [-0.2, -0.15) is 0 Å². The molecule has 2 amide bonds. The zero-order valence-electron chi connectivity index (χ0n) is 17.7. The van der Waals surface area contributed by atoms with E-state index in [0.29, 0.717) is 11.3 Å². The molecule has 0 N–H and O–H groups in total. The first kappa shape index (κ1) is 22.5. The van der Waals surface area contributed by atoms with E-state index in [1.165, 1.54) is 11.0 Å². The number of carbonyl (C=O) groups is 4. The van der Waals surface area contributed by atoms with Crippen molar-refractivity contribution in [3.63, 3.8) is 0 Å². The van der Waals surface area contributed by atoms with E-state index in [-0.39, 0.29) is 63.1 Å². The number of rotatable bonds is 5. The first-order valence-corrected chi connectivity index (χ1v) is 12.6. The summed E-state index contributed by atoms with van der Waals surface area (Å²) in [5, 5.41) is 0. The van der Waals surface area contributed by atoms with Crippen molar-refractivity contribution >= 4 is 61.1 Å². The van der Waals surface area contributed by atoms with Crippen LogP contribution in [0.5, 0.6) is 0 Å². The summed E-state index contributed by atoms with van der Waals surface area (Å²) in [6.45, 7) is 1.53. The molecule has 3 fully saturated rings. The number of fused-ring (bicyclic) bond motifs is 5. The minimum atomic E-state index is -0.683. The van der Waals surface area contributed by atoms with E-state index in [0.717, 1.165) is 12.0 Å². The van der Waals surface area contributed by atoms with Gasteiger partial charge in [-0.1, -0.05) is 67.8 Å². The van der Waals surface area contributed by atoms with Gasteiger partial charge in [-0.25, -0.2) is 4.79 Å². The van der Waals surface area contributed by atoms with E-state index in [4.69, 9.17) is 4.74 Å². The number of halogens is 2. The van der Waals surface area contributed by atoms with Crippen molar-refractivity contribution in [2.75, 3.05) is 11.5 Å². The minimum Gasteiger partial charge on any atom is -0.454 e. The molecule has 33 heavy (non-hydrogen) atoms. The molecular weight excluding hydrogens is 554 g/mol. The number of anilines is 1. The van der Waals surface area contributed by atoms with Crippen molar-refractivity contribution < 1.29 is 23.9 Å². The first-order chi connectivity index (χ1) is 15.8. The van der Waals surface area contributed by atoms with Crippen molar-refractivity contribution in [2.45, 2.75) is 23.0 Å². The number of Topliss-reactive ketones (excluding diaryl/α,β-unsaturated/α-hetero) is 1. The Morgan fingerprint density at radius 2 is 1.55 bits per heavy atom. The van der Waals surface area contributed by atoms with Crippen LogP contribution in [0.15, 0.2) is 48.5 Å². The molecule has 2 aromatic carbocycles. The predicted octanol–water partition coefficient (Wildman–Crippen LogP) is 4.32. The third kappa shape index (κ3) is 3.67. The molecule has 5 rings (SSSR count). The van der Waals surface area contributed by atoms with Crippen molar-refractivity contribution in [3.05, 3.63) is 65.2 Å². The Kier molecular flexibility index (Phi) is 5.77. The van der Waals surface area contributed by atoms with Gasteiger partial charge in [-0.15, -0.1) is 0 Å². The highest BCUT2D eigenvalue weighted by atomic mass is 79.9. The Morgan fingerprint density at radius 1 is 0.939 bits per heavy atom. The number of amides is 2. The lowest BCUT2D eigenvalue weighted by molar-refractivity contribution is -0.123. The zero-order valence-corrected chi connectivity index (χ0v) is 20.9. The van der Waals surface area contributed by atoms with Gasteiger partial charge in [-0.05, 0) is 43.4 Å². The van der Waals surface area contributed by atoms with Gasteiger partial charge in [0.25, 0.3) is 0 Å². The fourth-order valence-electron chi connectivity index (χ4n) is 5.41. The number of esters is 1. The lowest BCUT2D eigenvalue weighted by Crippen LogP contribution is -2.37. The average Bonchev–Trinajstić information content (AvgIpc) is 3.42. The van der Waals surface area contributed by atoms with Crippen molar-refractivity contribution in [3.8, 4) is 0 Å². The molecule has 8 heteroatoms. The van der Waals surface area contributed by atoms with Crippen LogP contribution in [0.2, 0.25) is 0 Å². The second kappa shape index (κ2) is 8.47. The Bertz CT molecular complexity index is 1130. The third-order valence-electron chi connectivity index (χ3n) is 7.04. The minimum absolute atomic E-state index is 0.117. The number of imide groups is 1. The number of ketones is 1. The number of hydrogen-bond donors (Lipinski definition) is 0. The van der Waals surface area contributed by atoms with Gasteiger partial charge in [0.1, 0.15) is 0 Å². The largest absolute Gasteiger partial charge is 0.454 e. The van der Waals surface area contributed by atoms with Crippen LogP contribution in [-0.2, 0) is 14.3 Å². The Hall–Kier alpha value is -2.32. The maximum Gasteiger partial charge on any atom is 0.338 e. The maximum absolute atomic E-state index is 13.2. The summed E-state index contributed by atoms with van der Waals surface area (Å²) in [5.41, 5.74) is 2.03. The lowest BCUT2D eigenvalue weighted by atomic mass is 9.81. The number of alkyl halides is 2. The molecule has 1 aliphatic heterocycles. The van der Waals surface area contributed by atoms with Gasteiger partial charge in [0.2, 0.25) is 11.8 Å². The molecule has 2 aliphatic carbocycles. The van der Waals surface area contributed by atoms with Gasteiger partial charge in [0, 0.05) is 15.2 Å². The summed E-state index contributed by atoms with van der Waals surface area (Å²) in [7, 11) is 0. The van der Waals surface area contributed by atoms with Crippen LogP contribution in [0.25, 0.3) is 0 Å². The average molecular weight is 575 g/mol. The summed E-state index contributed by atoms with van der Waals surface area (Å²) < 4.78 is 5.20. The number of nitrogens with zero attached hydrogens (tertiary/aromatic N) is 1. The molecule has 1 heterocycles. The highest BCUT2D eigenvalue weighted by Gasteiger charge is 2.66. The molecule has 2 aromatic rings. The molecule has 0 unspecified atom stereocenters. The van der Waals surface area contributed by atoms with E-state index in [9.17, 15) is 19.2 Å². The molecule has 0 aromatic heterocycles. The molecule has 6 nitrogen and oxygen atoms in total. The monoisotopic (exact) mass is 573 g/mol. The number of carbonyl (C=O) groups excluding carboxylic acids is 4. The quantitative estimate of drug-likeness (QED) is 0.230. The van der Waals surface area contributed by atoms with Crippen LogP contribution in [-0.4, -0.2) is 39.8 Å². The standard InChI is InChI=1S/C25H21Br2NO5/c1-12-5-7-13(8-6-12)18(29)11-33-25(32)14-3-2-4-15(9-14)28-23(30)19-16-10-17(20(19)24(28)31)22(27)21(16)26/h2-9,16-17,19-22H,10-11H2,1H3/t16-,17-,19-,20+,21+,22+/m1/s1. The fourth-order valence-corrected chi connectivity index (χ4v) is 7.29. The molecule has 2 bridgehead atoms. The summed E-state index contributed by atoms with van der Waals surface area (Å²) in [6.07, 6.45) is 0.855. The van der Waals surface area contributed by atoms with Crippen LogP contribution in [0.1, 0.15) is 32.7 Å². The molecule has 6 atom stereocenters. The van der Waals surface area contributed by atoms with Gasteiger partial charge < -0.3 is 4.74 Å². The van der Waals surface area contributed by atoms with Crippen LogP contribution in [0, 0.1) is 30.6 Å². The number of benzene rings is 2. The highest BCUT2D eigenvalue weighted by Crippen LogP contribution is 2.60. The van der Waals surface area contributed by atoms with E-state index >= 15 is 0 Å². The fraction of sp³-hybridized carbons (Fsp3) is 0.360. The molecule has 170 valence electrons. The topological polar surface area (TPSA) is 80.8 Å². The number of hydrogen-bond acceptors (Lipinski definition) is 5. The maximum atomic E-state index is 13.2. The molecule has 0 spiro atoms. The molecule has 3 aliphatic rings. The van der Waals surface area contributed by atoms with E-state index in [1.54, 1.807) is 30.3 Å². The zero-order chi connectivity index (χ0) is 23.4. The van der Waals surface area contributed by atoms with Crippen LogP contribution in [0.3, 0.4) is 0 Å². The smallest absolute Gasteiger partial charge is 0.338 e. The van der Waals surface area contributed by atoms with E-state index in [2.05, 4.69) is 31.9 Å². The van der Waals surface area contributed by atoms with Gasteiger partial charge >= 0.3 is 5.97 Å². The van der Waals surface area contributed by atoms with Gasteiger partial charge in [0.05, 0.1) is 23.1 Å². The van der Waals surface area contributed by atoms with Gasteiger partial charge in [-0.3, -0.25) is 19.3 Å². The molecule has 1 saturated heterocycles. The summed E-state index contributed by atoms with van der Waals surface area (Å²) in [4.78, 5) is 52.9. The lowest BCUT2D eigenvalue weighted by Gasteiger charge is -2.28. The van der Waals surface area contributed by atoms with E-state index in [1.807, 2.05) is 19.1 Å². The van der Waals surface area contributed by atoms with Crippen molar-refractivity contribution in [1.82, 2.24) is 0 Å². The van der Waals surface area contributed by atoms with Crippen LogP contribution >= 0.6 is 31.9 Å². The highest BCUT2D eigenvalue weighted by molar-refractivity contribution is 9.12. The van der Waals surface area contributed by atoms with E-state index < -0.39 is 5.97 Å². The van der Waals surface area contributed by atoms with Crippen LogP contribution in [0.4, 0.5) is 5.69 Å². The Labute approximate surface area is 207 Å². The normalized spacial score (nSPS) is 30.0. The third-order valence-corrected chi connectivity index (χ3v) is 10.2. The second-order valence-electron chi connectivity index (χ2n) is 8.93. The van der Waals surface area contributed by atoms with Gasteiger partial charge in [0.15, 0.2) is 12.4 Å². The summed E-state index contributed by atoms with van der Waals surface area (Å²) >= 11 is 7.37. The molecule has 0 radical (unpaired) electrons. The number of ether oxygens (including phenoxy) is 1. The summed E-state index contributed by atoms with van der Waals surface area (Å²) in [5.74, 6) is -1.83.